The van der Waals surface area contributed by atoms with Crippen LogP contribution in [0, 0.1) is 6.92 Å². The molecule has 0 atom stereocenters. The molecule has 0 bridgehead atoms. The van der Waals surface area contributed by atoms with Gasteiger partial charge in [0.15, 0.2) is 5.69 Å². The average Bonchev–Trinajstić information content (AvgIpc) is 3.44. The molecule has 0 unspecified atom stereocenters. The molecule has 178 valence electrons. The van der Waals surface area contributed by atoms with Crippen molar-refractivity contribution in [1.82, 2.24) is 25.0 Å². The molecule has 5 rings (SSSR count). The summed E-state index contributed by atoms with van der Waals surface area (Å²) in [4.78, 5) is 33.4. The Hall–Kier alpha value is -2.71. The van der Waals surface area contributed by atoms with E-state index in [9.17, 15) is 9.59 Å². The summed E-state index contributed by atoms with van der Waals surface area (Å²) >= 11 is 7.91. The van der Waals surface area contributed by atoms with Gasteiger partial charge in [0.2, 0.25) is 5.91 Å². The predicted molar refractivity (Wildman–Crippen MR) is 132 cm³/mol. The molecule has 7 nitrogen and oxygen atoms in total. The Morgan fingerprint density at radius 2 is 2.06 bits per heavy atom. The maximum absolute atomic E-state index is 13.0. The molecule has 1 aliphatic carbocycles. The van der Waals surface area contributed by atoms with Crippen LogP contribution in [-0.2, 0) is 37.1 Å². The molecule has 2 aromatic heterocycles. The number of rotatable bonds is 8. The van der Waals surface area contributed by atoms with Crippen molar-refractivity contribution in [3.8, 4) is 0 Å². The quantitative estimate of drug-likeness (QED) is 0.511. The maximum Gasteiger partial charge on any atom is 0.272 e. The Bertz CT molecular complexity index is 1220. The van der Waals surface area contributed by atoms with Crippen molar-refractivity contribution >= 4 is 34.8 Å². The van der Waals surface area contributed by atoms with Crippen LogP contribution in [0.2, 0.25) is 5.02 Å². The number of hydrogen-bond acceptors (Lipinski definition) is 5. The van der Waals surface area contributed by atoms with E-state index in [-0.39, 0.29) is 17.9 Å². The number of aryl methyl sites for hydroxylation is 4. The van der Waals surface area contributed by atoms with E-state index in [1.165, 1.54) is 4.88 Å². The summed E-state index contributed by atoms with van der Waals surface area (Å²) in [6, 6.07) is 7.89. The lowest BCUT2D eigenvalue weighted by molar-refractivity contribution is -0.132. The van der Waals surface area contributed by atoms with Crippen LogP contribution in [0.25, 0.3) is 0 Å². The third-order valence-electron chi connectivity index (χ3n) is 6.58. The molecule has 1 saturated carbocycles. The van der Waals surface area contributed by atoms with Crippen LogP contribution in [0.5, 0.6) is 0 Å². The van der Waals surface area contributed by atoms with Crippen LogP contribution >= 0.6 is 22.9 Å². The van der Waals surface area contributed by atoms with E-state index in [2.05, 4.69) is 10.3 Å². The number of nitrogens with zero attached hydrogens (tertiary/aromatic N) is 4. The summed E-state index contributed by atoms with van der Waals surface area (Å²) in [7, 11) is 0. The lowest BCUT2D eigenvalue weighted by Crippen LogP contribution is -2.37. The molecule has 1 N–H and O–H groups in total. The van der Waals surface area contributed by atoms with E-state index in [4.69, 9.17) is 16.7 Å². The maximum atomic E-state index is 13.0. The highest BCUT2D eigenvalue weighted by Crippen LogP contribution is 2.27. The first-order valence-electron chi connectivity index (χ1n) is 11.8. The molecule has 1 aliphatic heterocycles. The summed E-state index contributed by atoms with van der Waals surface area (Å²) in [5.74, 6) is -0.0519. The zero-order valence-corrected chi connectivity index (χ0v) is 20.8. The van der Waals surface area contributed by atoms with E-state index in [0.29, 0.717) is 49.6 Å². The summed E-state index contributed by atoms with van der Waals surface area (Å²) in [5, 5.41) is 8.49. The minimum absolute atomic E-state index is 0.0761. The van der Waals surface area contributed by atoms with E-state index >= 15 is 0 Å². The number of thiazole rings is 1. The van der Waals surface area contributed by atoms with E-state index in [1.54, 1.807) is 11.3 Å². The summed E-state index contributed by atoms with van der Waals surface area (Å²) < 4.78 is 1.97. The van der Waals surface area contributed by atoms with Gasteiger partial charge in [-0.2, -0.15) is 5.10 Å². The zero-order chi connectivity index (χ0) is 23.7. The predicted octanol–water partition coefficient (Wildman–Crippen LogP) is 3.95. The lowest BCUT2D eigenvalue weighted by atomic mass is 10.0. The Balaban J connectivity index is 1.32. The standard InChI is InChI=1S/C25H28ClN5O2S/c1-16-22(34-15-27-16)11-13-31-21-10-12-30(23(32)9-6-17-4-2-3-5-20(17)26)14-19(21)24(29-31)25(33)28-18-7-8-18/h2-5,15,18H,6-14H2,1H3,(H,28,33). The van der Waals surface area contributed by atoms with Gasteiger partial charge in [-0.25, -0.2) is 4.98 Å². The minimum Gasteiger partial charge on any atom is -0.348 e. The molecule has 0 spiro atoms. The van der Waals surface area contributed by atoms with Gasteiger partial charge in [0.25, 0.3) is 5.91 Å². The first-order valence-corrected chi connectivity index (χ1v) is 13.0. The topological polar surface area (TPSA) is 80.1 Å². The second kappa shape index (κ2) is 9.88. The first kappa shape index (κ1) is 23.1. The number of amides is 2. The second-order valence-electron chi connectivity index (χ2n) is 9.01. The molecule has 34 heavy (non-hydrogen) atoms. The van der Waals surface area contributed by atoms with Gasteiger partial charge < -0.3 is 10.2 Å². The van der Waals surface area contributed by atoms with E-state index in [0.717, 1.165) is 41.8 Å². The van der Waals surface area contributed by atoms with Gasteiger partial charge in [-0.15, -0.1) is 11.3 Å². The Morgan fingerprint density at radius 3 is 2.79 bits per heavy atom. The SMILES string of the molecule is Cc1ncsc1CCn1nc(C(=O)NC2CC2)c2c1CCN(C(=O)CCc1ccccc1Cl)C2. The van der Waals surface area contributed by atoms with Gasteiger partial charge in [0.1, 0.15) is 0 Å². The Morgan fingerprint density at radius 1 is 1.24 bits per heavy atom. The van der Waals surface area contributed by atoms with Gasteiger partial charge in [0, 0.05) is 66.1 Å². The molecule has 3 heterocycles. The van der Waals surface area contributed by atoms with Crippen LogP contribution < -0.4 is 5.32 Å². The molecular weight excluding hydrogens is 470 g/mol. The van der Waals surface area contributed by atoms with Crippen LogP contribution in [0.1, 0.15) is 57.1 Å². The second-order valence-corrected chi connectivity index (χ2v) is 10.4. The zero-order valence-electron chi connectivity index (χ0n) is 19.2. The third kappa shape index (κ3) is 5.03. The molecule has 1 aromatic carbocycles. The van der Waals surface area contributed by atoms with Crippen LogP contribution in [-0.4, -0.2) is 44.1 Å². The smallest absolute Gasteiger partial charge is 0.272 e. The molecule has 0 radical (unpaired) electrons. The number of fused-ring (bicyclic) bond motifs is 1. The number of hydrogen-bond donors (Lipinski definition) is 1. The summed E-state index contributed by atoms with van der Waals surface area (Å²) in [6.07, 6.45) is 4.55. The molecular formula is C25H28ClN5O2S. The highest BCUT2D eigenvalue weighted by molar-refractivity contribution is 7.09. The molecule has 3 aromatic rings. The number of benzene rings is 1. The van der Waals surface area contributed by atoms with Gasteiger partial charge in [-0.3, -0.25) is 14.3 Å². The number of halogens is 1. The fraction of sp³-hybridized carbons (Fsp3) is 0.440. The van der Waals surface area contributed by atoms with Crippen molar-refractivity contribution in [2.24, 2.45) is 0 Å². The van der Waals surface area contributed by atoms with E-state index in [1.807, 2.05) is 46.3 Å². The van der Waals surface area contributed by atoms with Crippen molar-refractivity contribution in [2.45, 2.75) is 64.6 Å². The van der Waals surface area contributed by atoms with Crippen LogP contribution in [0.3, 0.4) is 0 Å². The summed E-state index contributed by atoms with van der Waals surface area (Å²) in [6.45, 7) is 3.76. The summed E-state index contributed by atoms with van der Waals surface area (Å²) in [5.41, 5.74) is 6.31. The van der Waals surface area contributed by atoms with Gasteiger partial charge in [-0.05, 0) is 37.8 Å². The number of carbonyl (C=O) groups is 2. The molecule has 1 fully saturated rings. The fourth-order valence-electron chi connectivity index (χ4n) is 4.43. The molecule has 2 aliphatic rings. The van der Waals surface area contributed by atoms with Gasteiger partial charge in [0.05, 0.1) is 11.2 Å². The molecule has 0 saturated heterocycles. The fourth-order valence-corrected chi connectivity index (χ4v) is 5.43. The van der Waals surface area contributed by atoms with Crippen molar-refractivity contribution < 1.29 is 9.59 Å². The average molecular weight is 498 g/mol. The Labute approximate surface area is 208 Å². The highest BCUT2D eigenvalue weighted by Gasteiger charge is 2.32. The molecule has 9 heteroatoms. The Kier molecular flexibility index (Phi) is 6.70. The first-order chi connectivity index (χ1) is 16.5. The van der Waals surface area contributed by atoms with E-state index < -0.39 is 0 Å². The van der Waals surface area contributed by atoms with Crippen LogP contribution in [0.4, 0.5) is 0 Å². The van der Waals surface area contributed by atoms with Crippen molar-refractivity contribution in [2.75, 3.05) is 6.54 Å². The van der Waals surface area contributed by atoms with Crippen molar-refractivity contribution in [1.29, 1.82) is 0 Å². The number of aromatic nitrogens is 3. The normalized spacial score (nSPS) is 15.3. The van der Waals surface area contributed by atoms with Crippen LogP contribution in [0.15, 0.2) is 29.8 Å². The minimum atomic E-state index is -0.128. The number of nitrogens with one attached hydrogen (secondary N) is 1. The third-order valence-corrected chi connectivity index (χ3v) is 7.94. The van der Waals surface area contributed by atoms with Gasteiger partial charge in [-0.1, -0.05) is 29.8 Å². The lowest BCUT2D eigenvalue weighted by Gasteiger charge is -2.28. The number of carbonyl (C=O) groups excluding carboxylic acids is 2. The van der Waals surface area contributed by atoms with Crippen molar-refractivity contribution in [3.63, 3.8) is 0 Å². The monoisotopic (exact) mass is 497 g/mol. The van der Waals surface area contributed by atoms with Gasteiger partial charge >= 0.3 is 0 Å². The highest BCUT2D eigenvalue weighted by atomic mass is 35.5. The largest absolute Gasteiger partial charge is 0.348 e. The molecule has 2 amide bonds. The van der Waals surface area contributed by atoms with Crippen molar-refractivity contribution in [3.05, 3.63) is 67.9 Å².